The van der Waals surface area contributed by atoms with Gasteiger partial charge in [0.05, 0.1) is 11.8 Å². The standard InChI is InChI=1S/C14H24N2O4Si/c1-15-19-13(17)10-8-6-7-9(12(8)21(3,4)5)11(10)14(18)20-16-2/h6-12,15-16H,1-5H3/t8?,9?,10-,11-,12?/m1/s1. The molecule has 2 unspecified atom stereocenters. The van der Waals surface area contributed by atoms with Crippen molar-refractivity contribution in [3.8, 4) is 0 Å². The van der Waals surface area contributed by atoms with Crippen molar-refractivity contribution in [1.82, 2.24) is 11.0 Å². The van der Waals surface area contributed by atoms with E-state index in [0.717, 1.165) is 0 Å². The van der Waals surface area contributed by atoms with Crippen molar-refractivity contribution in [3.63, 3.8) is 0 Å². The van der Waals surface area contributed by atoms with Crippen molar-refractivity contribution in [2.24, 2.45) is 23.7 Å². The van der Waals surface area contributed by atoms with Gasteiger partial charge in [0, 0.05) is 22.2 Å². The predicted octanol–water partition coefficient (Wildman–Crippen LogP) is 1.10. The summed E-state index contributed by atoms with van der Waals surface area (Å²) in [6.07, 6.45) is 4.16. The van der Waals surface area contributed by atoms with Gasteiger partial charge in [-0.2, -0.15) is 11.0 Å². The van der Waals surface area contributed by atoms with Crippen LogP contribution in [0, 0.1) is 23.7 Å². The Kier molecular flexibility index (Phi) is 4.55. The molecule has 2 rings (SSSR count). The van der Waals surface area contributed by atoms with Crippen LogP contribution < -0.4 is 11.0 Å². The fourth-order valence-electron chi connectivity index (χ4n) is 4.02. The van der Waals surface area contributed by atoms with E-state index in [1.165, 1.54) is 14.1 Å². The minimum Gasteiger partial charge on any atom is -0.371 e. The molecule has 21 heavy (non-hydrogen) atoms. The Labute approximate surface area is 126 Å². The summed E-state index contributed by atoms with van der Waals surface area (Å²) in [4.78, 5) is 34.5. The molecule has 0 aromatic heterocycles. The number of hydrogen-bond donors (Lipinski definition) is 2. The highest BCUT2D eigenvalue weighted by Crippen LogP contribution is 2.59. The fraction of sp³-hybridized carbons (Fsp3) is 0.714. The molecule has 0 spiro atoms. The highest BCUT2D eigenvalue weighted by atomic mass is 28.3. The molecule has 1 saturated carbocycles. The first kappa shape index (κ1) is 16.2. The van der Waals surface area contributed by atoms with E-state index in [9.17, 15) is 9.59 Å². The van der Waals surface area contributed by atoms with Gasteiger partial charge in [0.2, 0.25) is 0 Å². The molecule has 0 aromatic carbocycles. The monoisotopic (exact) mass is 312 g/mol. The second-order valence-corrected chi connectivity index (χ2v) is 12.1. The second kappa shape index (κ2) is 5.90. The summed E-state index contributed by atoms with van der Waals surface area (Å²) in [5.74, 6) is -1.56. The summed E-state index contributed by atoms with van der Waals surface area (Å²) >= 11 is 0. The minimum absolute atomic E-state index is 0.0666. The van der Waals surface area contributed by atoms with Crippen LogP contribution in [-0.2, 0) is 19.3 Å². The van der Waals surface area contributed by atoms with E-state index < -0.39 is 19.9 Å². The quantitative estimate of drug-likeness (QED) is 0.450. The summed E-state index contributed by atoms with van der Waals surface area (Å²) in [6.45, 7) is 6.82. The van der Waals surface area contributed by atoms with Crippen LogP contribution in [-0.4, -0.2) is 34.1 Å². The van der Waals surface area contributed by atoms with Gasteiger partial charge in [0.15, 0.2) is 0 Å². The molecule has 2 N–H and O–H groups in total. The molecule has 2 bridgehead atoms. The number of carbonyl (C=O) groups is 2. The van der Waals surface area contributed by atoms with Gasteiger partial charge >= 0.3 is 11.9 Å². The third-order valence-electron chi connectivity index (χ3n) is 4.55. The molecule has 2 aliphatic rings. The Balaban J connectivity index is 2.34. The zero-order chi connectivity index (χ0) is 15.8. The Morgan fingerprint density at radius 2 is 1.29 bits per heavy atom. The fourth-order valence-corrected chi connectivity index (χ4v) is 6.96. The van der Waals surface area contributed by atoms with Crippen LogP contribution in [0.3, 0.4) is 0 Å². The van der Waals surface area contributed by atoms with Gasteiger partial charge in [0.25, 0.3) is 0 Å². The summed E-state index contributed by atoms with van der Waals surface area (Å²) in [6, 6.07) is 0. The minimum atomic E-state index is -1.53. The van der Waals surface area contributed by atoms with Crippen LogP contribution in [0.4, 0.5) is 0 Å². The molecule has 0 heterocycles. The third-order valence-corrected chi connectivity index (χ3v) is 7.32. The van der Waals surface area contributed by atoms with E-state index in [1.807, 2.05) is 0 Å². The van der Waals surface area contributed by atoms with Crippen molar-refractivity contribution >= 4 is 20.0 Å². The smallest absolute Gasteiger partial charge is 0.329 e. The number of rotatable bonds is 5. The number of carbonyl (C=O) groups excluding carboxylic acids is 2. The van der Waals surface area contributed by atoms with Crippen LogP contribution in [0.25, 0.3) is 0 Å². The lowest BCUT2D eigenvalue weighted by atomic mass is 9.83. The van der Waals surface area contributed by atoms with Crippen LogP contribution in [0.5, 0.6) is 0 Å². The molecule has 4 atom stereocenters. The zero-order valence-corrected chi connectivity index (χ0v) is 14.2. The molecule has 0 aromatic rings. The third kappa shape index (κ3) is 2.77. The first-order chi connectivity index (χ1) is 9.82. The molecule has 118 valence electrons. The van der Waals surface area contributed by atoms with Crippen LogP contribution >= 0.6 is 0 Å². The van der Waals surface area contributed by atoms with Gasteiger partial charge in [-0.05, 0) is 17.4 Å². The van der Waals surface area contributed by atoms with E-state index in [0.29, 0.717) is 5.54 Å². The average molecular weight is 312 g/mol. The molecule has 7 heteroatoms. The summed E-state index contributed by atoms with van der Waals surface area (Å²) < 4.78 is 0. The van der Waals surface area contributed by atoms with Gasteiger partial charge in [-0.25, -0.2) is 0 Å². The highest BCUT2D eigenvalue weighted by molar-refractivity contribution is 6.77. The van der Waals surface area contributed by atoms with E-state index in [1.54, 1.807) is 0 Å². The van der Waals surface area contributed by atoms with Crippen molar-refractivity contribution in [3.05, 3.63) is 12.2 Å². The molecule has 2 aliphatic carbocycles. The Morgan fingerprint density at radius 3 is 1.57 bits per heavy atom. The summed E-state index contributed by atoms with van der Waals surface area (Å²) in [7, 11) is 1.55. The molecule has 6 nitrogen and oxygen atoms in total. The topological polar surface area (TPSA) is 76.7 Å². The van der Waals surface area contributed by atoms with Crippen LogP contribution in [0.1, 0.15) is 0 Å². The number of hydrogen-bond acceptors (Lipinski definition) is 6. The van der Waals surface area contributed by atoms with Gasteiger partial charge in [0.1, 0.15) is 0 Å². The van der Waals surface area contributed by atoms with Crippen molar-refractivity contribution in [2.75, 3.05) is 14.1 Å². The maximum absolute atomic E-state index is 12.3. The van der Waals surface area contributed by atoms with Gasteiger partial charge in [-0.1, -0.05) is 31.8 Å². The zero-order valence-electron chi connectivity index (χ0n) is 13.2. The summed E-state index contributed by atoms with van der Waals surface area (Å²) in [5.41, 5.74) is 5.20. The Morgan fingerprint density at radius 1 is 0.905 bits per heavy atom. The Bertz CT molecular complexity index is 426. The summed E-state index contributed by atoms with van der Waals surface area (Å²) in [5, 5.41) is 0. The van der Waals surface area contributed by atoms with E-state index in [4.69, 9.17) is 9.68 Å². The molecular formula is C14H24N2O4Si. The molecule has 0 aliphatic heterocycles. The van der Waals surface area contributed by atoms with Crippen molar-refractivity contribution in [1.29, 1.82) is 0 Å². The predicted molar refractivity (Wildman–Crippen MR) is 80.5 cm³/mol. The molecule has 1 fully saturated rings. The molecule has 0 amide bonds. The first-order valence-electron chi connectivity index (χ1n) is 7.26. The van der Waals surface area contributed by atoms with Gasteiger partial charge < -0.3 is 9.68 Å². The van der Waals surface area contributed by atoms with Crippen LogP contribution in [0.2, 0.25) is 25.2 Å². The maximum Gasteiger partial charge on any atom is 0.329 e. The van der Waals surface area contributed by atoms with Crippen molar-refractivity contribution in [2.45, 2.75) is 25.2 Å². The first-order valence-corrected chi connectivity index (χ1v) is 10.8. The average Bonchev–Trinajstić information content (AvgIpc) is 2.94. The second-order valence-electron chi connectivity index (χ2n) is 6.73. The van der Waals surface area contributed by atoms with Crippen LogP contribution in [0.15, 0.2) is 12.2 Å². The van der Waals surface area contributed by atoms with Gasteiger partial charge in [-0.3, -0.25) is 9.59 Å². The van der Waals surface area contributed by atoms with E-state index in [2.05, 4.69) is 42.8 Å². The molecule has 0 saturated heterocycles. The number of fused-ring (bicyclic) bond motifs is 2. The SMILES string of the molecule is CNOC(=O)[C@@H]1C2C=CC(C2[Si](C)(C)C)[C@H]1C(=O)ONC. The largest absolute Gasteiger partial charge is 0.371 e. The maximum atomic E-state index is 12.3. The Hall–Kier alpha value is -1.18. The lowest BCUT2D eigenvalue weighted by molar-refractivity contribution is -0.168. The lowest BCUT2D eigenvalue weighted by Crippen LogP contribution is -2.38. The molecular weight excluding hydrogens is 288 g/mol. The highest BCUT2D eigenvalue weighted by Gasteiger charge is 2.61. The van der Waals surface area contributed by atoms with Crippen molar-refractivity contribution < 1.29 is 19.3 Å². The number of nitrogens with one attached hydrogen (secondary N) is 2. The van der Waals surface area contributed by atoms with Gasteiger partial charge in [-0.15, -0.1) is 0 Å². The lowest BCUT2D eigenvalue weighted by Gasteiger charge is -2.29. The number of allylic oxidation sites excluding steroid dienone is 2. The van der Waals surface area contributed by atoms with E-state index in [-0.39, 0.29) is 23.8 Å². The van der Waals surface area contributed by atoms with E-state index >= 15 is 0 Å². The molecule has 0 radical (unpaired) electrons. The normalized spacial score (nSPS) is 34.0. The number of hydroxylamine groups is 2.